The maximum absolute atomic E-state index is 8.43. The number of hydrogen-bond donors (Lipinski definition) is 1. The van der Waals surface area contributed by atoms with Crippen LogP contribution in [-0.2, 0) is 4.43 Å². The summed E-state index contributed by atoms with van der Waals surface area (Å²) in [6.45, 7) is 3.30. The average molecular weight is 103 g/mol. The summed E-state index contributed by atoms with van der Waals surface area (Å²) >= 11 is 0. The summed E-state index contributed by atoms with van der Waals surface area (Å²) in [6, 6.07) is 0. The highest BCUT2D eigenvalue weighted by Crippen LogP contribution is 1.72. The van der Waals surface area contributed by atoms with E-state index in [2.05, 4.69) is 11.0 Å². The van der Waals surface area contributed by atoms with Crippen LogP contribution in [-0.4, -0.2) is 21.2 Å². The van der Waals surface area contributed by atoms with Crippen LogP contribution in [0.2, 0.25) is 0 Å². The van der Waals surface area contributed by atoms with Crippen LogP contribution in [0.4, 0.5) is 0 Å². The molecule has 6 heavy (non-hydrogen) atoms. The number of rotatable bonds is 2. The topological polar surface area (TPSA) is 29.5 Å². The molecule has 1 N–H and O–H groups in total. The monoisotopic (exact) mass is 103 g/mol. The molecule has 1 radical (unpaired) electrons. The van der Waals surface area contributed by atoms with Gasteiger partial charge in [0.1, 0.15) is 0 Å². The van der Waals surface area contributed by atoms with Gasteiger partial charge in [-0.3, -0.25) is 0 Å². The van der Waals surface area contributed by atoms with Crippen LogP contribution >= 0.6 is 0 Å². The summed E-state index contributed by atoms with van der Waals surface area (Å²) in [5, 5.41) is 0. The minimum Gasteiger partial charge on any atom is -0.407 e. The zero-order valence-electron chi connectivity index (χ0n) is 3.64. The molecule has 0 aromatic rings. The lowest BCUT2D eigenvalue weighted by molar-refractivity contribution is 0.340. The van der Waals surface area contributed by atoms with Crippen molar-refractivity contribution in [2.75, 3.05) is 7.11 Å². The Kier molecular flexibility index (Phi) is 3.02. The van der Waals surface area contributed by atoms with Crippen molar-refractivity contribution in [3.05, 3.63) is 12.3 Å². The quantitative estimate of drug-likeness (QED) is 0.492. The smallest absolute Gasteiger partial charge is 0.407 e. The molecule has 0 aliphatic heterocycles. The molecule has 0 aromatic heterocycles. The van der Waals surface area contributed by atoms with Gasteiger partial charge in [0.15, 0.2) is 0 Å². The molecule has 0 spiro atoms. The van der Waals surface area contributed by atoms with Gasteiger partial charge in [0.25, 0.3) is 0 Å². The third-order valence-electron chi connectivity index (χ3n) is 0.384. The van der Waals surface area contributed by atoms with Gasteiger partial charge in [-0.2, -0.15) is 0 Å². The Morgan fingerprint density at radius 2 is 2.50 bits per heavy atom. The minimum absolute atomic E-state index is 1.41. The Labute approximate surface area is 38.9 Å². The Balaban J connectivity index is 2.96. The fourth-order valence-electron chi connectivity index (χ4n) is 0.0833. The van der Waals surface area contributed by atoms with Gasteiger partial charge in [-0.1, -0.05) is 0 Å². The van der Waals surface area contributed by atoms with Crippen LogP contribution in [0.5, 0.6) is 0 Å². The van der Waals surface area contributed by atoms with Crippen molar-refractivity contribution >= 4 is 9.28 Å². The molecule has 0 atom stereocenters. The molecule has 0 aliphatic carbocycles. The highest BCUT2D eigenvalue weighted by Gasteiger charge is 1.95. The first-order chi connectivity index (χ1) is 2.81. The summed E-state index contributed by atoms with van der Waals surface area (Å²) in [7, 11) is -0.150. The van der Waals surface area contributed by atoms with Gasteiger partial charge in [-0.15, -0.1) is 6.58 Å². The molecule has 0 saturated carbocycles. The van der Waals surface area contributed by atoms with Gasteiger partial charge >= 0.3 is 9.28 Å². The molecule has 0 unspecified atom stereocenters. The molecular weight excluding hydrogens is 96.1 g/mol. The first-order valence-corrected chi connectivity index (χ1v) is 2.97. The van der Waals surface area contributed by atoms with E-state index in [1.54, 1.807) is 0 Å². The zero-order valence-corrected chi connectivity index (χ0v) is 4.64. The molecule has 0 fully saturated rings. The summed E-state index contributed by atoms with van der Waals surface area (Å²) in [5.74, 6) is 0. The molecule has 0 heterocycles. The van der Waals surface area contributed by atoms with E-state index in [4.69, 9.17) is 4.80 Å². The maximum atomic E-state index is 8.43. The van der Waals surface area contributed by atoms with Crippen LogP contribution in [0.25, 0.3) is 0 Å². The van der Waals surface area contributed by atoms with Gasteiger partial charge in [0.05, 0.1) is 0 Å². The first kappa shape index (κ1) is 5.88. The first-order valence-electron chi connectivity index (χ1n) is 1.53. The lowest BCUT2D eigenvalue weighted by Crippen LogP contribution is -2.09. The molecule has 0 saturated heterocycles. The second-order valence-corrected chi connectivity index (χ2v) is 2.24. The Morgan fingerprint density at radius 1 is 2.00 bits per heavy atom. The number of hydrogen-bond acceptors (Lipinski definition) is 2. The fraction of sp³-hybridized carbons (Fsp3) is 0.333. The van der Waals surface area contributed by atoms with E-state index in [1.807, 2.05) is 0 Å². The SMILES string of the molecule is C=C[Si](O)OC. The van der Waals surface area contributed by atoms with E-state index < -0.39 is 9.28 Å². The maximum Gasteiger partial charge on any atom is 0.411 e. The normalized spacial score (nSPS) is 9.17. The van der Waals surface area contributed by atoms with Gasteiger partial charge in [0.2, 0.25) is 0 Å². The third-order valence-corrected chi connectivity index (χ3v) is 1.15. The van der Waals surface area contributed by atoms with Crippen molar-refractivity contribution in [1.82, 2.24) is 0 Å². The van der Waals surface area contributed by atoms with E-state index >= 15 is 0 Å². The summed E-state index contributed by atoms with van der Waals surface area (Å²) < 4.78 is 4.44. The summed E-state index contributed by atoms with van der Waals surface area (Å²) in [5.41, 5.74) is 1.41. The molecule has 0 rings (SSSR count). The van der Waals surface area contributed by atoms with Crippen LogP contribution in [0.3, 0.4) is 0 Å². The van der Waals surface area contributed by atoms with Crippen LogP contribution in [0.15, 0.2) is 12.3 Å². The molecule has 3 heteroatoms. The molecule has 0 amide bonds. The predicted octanol–water partition coefficient (Wildman–Crippen LogP) is -0.161. The van der Waals surface area contributed by atoms with Crippen LogP contribution in [0.1, 0.15) is 0 Å². The van der Waals surface area contributed by atoms with Gasteiger partial charge < -0.3 is 9.22 Å². The van der Waals surface area contributed by atoms with Gasteiger partial charge in [-0.25, -0.2) is 0 Å². The lowest BCUT2D eigenvalue weighted by Gasteiger charge is -1.90. The second kappa shape index (κ2) is 3.08. The van der Waals surface area contributed by atoms with Crippen LogP contribution in [0, 0.1) is 0 Å². The molecular formula is C3H7O2Si. The van der Waals surface area contributed by atoms with Gasteiger partial charge in [-0.05, 0) is 5.70 Å². The summed E-state index contributed by atoms with van der Waals surface area (Å²) in [6.07, 6.45) is 0. The van der Waals surface area contributed by atoms with E-state index in [0.717, 1.165) is 0 Å². The molecule has 0 aromatic carbocycles. The summed E-state index contributed by atoms with van der Waals surface area (Å²) in [4.78, 5) is 8.43. The highest BCUT2D eigenvalue weighted by molar-refractivity contribution is 6.48. The lowest BCUT2D eigenvalue weighted by atomic mass is 11.3. The molecule has 2 nitrogen and oxygen atoms in total. The van der Waals surface area contributed by atoms with E-state index in [-0.39, 0.29) is 0 Å². The molecule has 0 bridgehead atoms. The third kappa shape index (κ3) is 2.13. The van der Waals surface area contributed by atoms with Crippen LogP contribution < -0.4 is 0 Å². The molecule has 0 aliphatic rings. The average Bonchev–Trinajstić information content (AvgIpc) is 1.65. The Morgan fingerprint density at radius 3 is 2.50 bits per heavy atom. The highest BCUT2D eigenvalue weighted by atomic mass is 28.3. The standard InChI is InChI=1S/C3H7O2Si/c1-3-6(4)5-2/h3-4H,1H2,2H3. The predicted molar refractivity (Wildman–Crippen MR) is 25.2 cm³/mol. The Hall–Kier alpha value is -0.123. The van der Waals surface area contributed by atoms with Crippen molar-refractivity contribution in [3.8, 4) is 0 Å². The van der Waals surface area contributed by atoms with Gasteiger partial charge in [0, 0.05) is 7.11 Å². The van der Waals surface area contributed by atoms with Crippen molar-refractivity contribution in [2.24, 2.45) is 0 Å². The van der Waals surface area contributed by atoms with Crippen molar-refractivity contribution in [2.45, 2.75) is 0 Å². The van der Waals surface area contributed by atoms with Crippen molar-refractivity contribution in [3.63, 3.8) is 0 Å². The zero-order chi connectivity index (χ0) is 4.99. The van der Waals surface area contributed by atoms with Crippen molar-refractivity contribution < 1.29 is 9.22 Å². The van der Waals surface area contributed by atoms with E-state index in [0.29, 0.717) is 0 Å². The van der Waals surface area contributed by atoms with Crippen molar-refractivity contribution in [1.29, 1.82) is 0 Å². The largest absolute Gasteiger partial charge is 0.411 e. The fourth-order valence-corrected chi connectivity index (χ4v) is 0.250. The van der Waals surface area contributed by atoms with E-state index in [1.165, 1.54) is 12.8 Å². The van der Waals surface area contributed by atoms with E-state index in [9.17, 15) is 0 Å². The minimum atomic E-state index is -1.60. The Bertz CT molecular complexity index is 46.1. The molecule has 35 valence electrons. The second-order valence-electron chi connectivity index (χ2n) is 0.746.